The van der Waals surface area contributed by atoms with Crippen LogP contribution in [0.2, 0.25) is 0 Å². The van der Waals surface area contributed by atoms with Crippen LogP contribution in [0, 0.1) is 18.8 Å². The van der Waals surface area contributed by atoms with Crippen molar-refractivity contribution in [3.05, 3.63) is 11.7 Å². The SMILES string of the molecule is Cc1nc(CNC(=O)NC2[C@H](C)CCC[C@H]2C)no1. The van der Waals surface area contributed by atoms with Crippen LogP contribution in [0.3, 0.4) is 0 Å². The molecule has 0 unspecified atom stereocenters. The quantitative estimate of drug-likeness (QED) is 0.877. The summed E-state index contributed by atoms with van der Waals surface area (Å²) in [6.45, 7) is 6.41. The van der Waals surface area contributed by atoms with Crippen molar-refractivity contribution in [1.29, 1.82) is 0 Å². The molecule has 1 heterocycles. The van der Waals surface area contributed by atoms with Gasteiger partial charge >= 0.3 is 6.03 Å². The van der Waals surface area contributed by atoms with Gasteiger partial charge in [0, 0.05) is 13.0 Å². The summed E-state index contributed by atoms with van der Waals surface area (Å²) in [7, 11) is 0. The van der Waals surface area contributed by atoms with E-state index < -0.39 is 0 Å². The van der Waals surface area contributed by atoms with E-state index >= 15 is 0 Å². The van der Waals surface area contributed by atoms with Crippen molar-refractivity contribution in [1.82, 2.24) is 20.8 Å². The summed E-state index contributed by atoms with van der Waals surface area (Å²) in [6, 6.07) is 0.0915. The van der Waals surface area contributed by atoms with Crippen LogP contribution in [0.5, 0.6) is 0 Å². The van der Waals surface area contributed by atoms with E-state index in [4.69, 9.17) is 4.52 Å². The van der Waals surface area contributed by atoms with Gasteiger partial charge in [0.25, 0.3) is 0 Å². The molecule has 1 saturated carbocycles. The molecule has 6 nitrogen and oxygen atoms in total. The summed E-state index contributed by atoms with van der Waals surface area (Å²) >= 11 is 0. The molecule has 2 rings (SSSR count). The second-order valence-corrected chi connectivity index (χ2v) is 5.47. The fourth-order valence-corrected chi connectivity index (χ4v) is 2.74. The van der Waals surface area contributed by atoms with E-state index in [1.807, 2.05) is 0 Å². The van der Waals surface area contributed by atoms with E-state index in [-0.39, 0.29) is 12.1 Å². The highest BCUT2D eigenvalue weighted by molar-refractivity contribution is 5.74. The number of urea groups is 1. The molecule has 0 saturated heterocycles. The molecule has 19 heavy (non-hydrogen) atoms. The van der Waals surface area contributed by atoms with Crippen molar-refractivity contribution in [2.24, 2.45) is 11.8 Å². The summed E-state index contributed by atoms with van der Waals surface area (Å²) in [5.74, 6) is 2.06. The lowest BCUT2D eigenvalue weighted by atomic mass is 9.79. The first kappa shape index (κ1) is 13.8. The number of nitrogens with zero attached hydrogens (tertiary/aromatic N) is 2. The first-order valence-corrected chi connectivity index (χ1v) is 6.90. The van der Waals surface area contributed by atoms with Gasteiger partial charge in [0.1, 0.15) is 0 Å². The highest BCUT2D eigenvalue weighted by Gasteiger charge is 2.28. The molecule has 6 heteroatoms. The number of nitrogens with one attached hydrogen (secondary N) is 2. The Balaban J connectivity index is 1.80. The molecule has 106 valence electrons. The number of aryl methyl sites for hydroxylation is 1. The fraction of sp³-hybridized carbons (Fsp3) is 0.769. The Morgan fingerprint density at radius 2 is 2.05 bits per heavy atom. The third-order valence-electron chi connectivity index (χ3n) is 3.82. The Kier molecular flexibility index (Phi) is 4.39. The maximum absolute atomic E-state index is 11.9. The molecule has 0 aliphatic heterocycles. The van der Waals surface area contributed by atoms with Crippen molar-refractivity contribution in [3.63, 3.8) is 0 Å². The van der Waals surface area contributed by atoms with Crippen LogP contribution in [0.25, 0.3) is 0 Å². The van der Waals surface area contributed by atoms with Crippen LogP contribution in [0.1, 0.15) is 44.8 Å². The number of carbonyl (C=O) groups excluding carboxylic acids is 1. The Bertz CT molecular complexity index is 422. The zero-order valence-corrected chi connectivity index (χ0v) is 11.8. The predicted octanol–water partition coefficient (Wildman–Crippen LogP) is 2.00. The molecule has 0 spiro atoms. The number of carbonyl (C=O) groups is 1. The lowest BCUT2D eigenvalue weighted by Crippen LogP contribution is -2.49. The van der Waals surface area contributed by atoms with E-state index in [1.165, 1.54) is 19.3 Å². The topological polar surface area (TPSA) is 80.0 Å². The van der Waals surface area contributed by atoms with Gasteiger partial charge in [-0.3, -0.25) is 0 Å². The largest absolute Gasteiger partial charge is 0.340 e. The van der Waals surface area contributed by atoms with E-state index in [2.05, 4.69) is 34.6 Å². The van der Waals surface area contributed by atoms with Crippen LogP contribution >= 0.6 is 0 Å². The standard InChI is InChI=1S/C13H22N4O2/c1-8-5-4-6-9(2)12(8)16-13(18)14-7-11-15-10(3)19-17-11/h8-9,12H,4-7H2,1-3H3,(H2,14,16,18)/t8-,9-/m1/s1. The predicted molar refractivity (Wildman–Crippen MR) is 70.4 cm³/mol. The fourth-order valence-electron chi connectivity index (χ4n) is 2.74. The minimum absolute atomic E-state index is 0.159. The zero-order chi connectivity index (χ0) is 13.8. The smallest absolute Gasteiger partial charge is 0.315 e. The lowest BCUT2D eigenvalue weighted by Gasteiger charge is -2.35. The highest BCUT2D eigenvalue weighted by atomic mass is 16.5. The lowest BCUT2D eigenvalue weighted by molar-refractivity contribution is 0.194. The van der Waals surface area contributed by atoms with Gasteiger partial charge in [-0.1, -0.05) is 25.4 Å². The van der Waals surface area contributed by atoms with Crippen molar-refractivity contribution < 1.29 is 9.32 Å². The summed E-state index contributed by atoms with van der Waals surface area (Å²) in [4.78, 5) is 15.9. The van der Waals surface area contributed by atoms with E-state index in [0.29, 0.717) is 30.1 Å². The van der Waals surface area contributed by atoms with Gasteiger partial charge < -0.3 is 15.2 Å². The summed E-state index contributed by atoms with van der Waals surface area (Å²) in [6.07, 6.45) is 3.61. The van der Waals surface area contributed by atoms with Crippen LogP contribution in [-0.2, 0) is 6.54 Å². The van der Waals surface area contributed by atoms with Crippen molar-refractivity contribution in [2.75, 3.05) is 0 Å². The first-order valence-electron chi connectivity index (χ1n) is 6.90. The third kappa shape index (κ3) is 3.68. The Morgan fingerprint density at radius 3 is 2.63 bits per heavy atom. The minimum atomic E-state index is -0.159. The highest BCUT2D eigenvalue weighted by Crippen LogP contribution is 2.28. The summed E-state index contributed by atoms with van der Waals surface area (Å²) in [5.41, 5.74) is 0. The van der Waals surface area contributed by atoms with Gasteiger partial charge in [-0.2, -0.15) is 4.98 Å². The molecule has 1 fully saturated rings. The molecule has 1 aliphatic rings. The van der Waals surface area contributed by atoms with Gasteiger partial charge in [0.2, 0.25) is 5.89 Å². The summed E-state index contributed by atoms with van der Waals surface area (Å²) < 4.78 is 4.85. The molecule has 1 aromatic heterocycles. The van der Waals surface area contributed by atoms with Gasteiger partial charge in [0.05, 0.1) is 6.54 Å². The van der Waals surface area contributed by atoms with Crippen molar-refractivity contribution >= 4 is 6.03 Å². The first-order chi connectivity index (χ1) is 9.06. The molecule has 0 bridgehead atoms. The average molecular weight is 266 g/mol. The van der Waals surface area contributed by atoms with Crippen LogP contribution in [0.4, 0.5) is 4.79 Å². The Labute approximate surface area is 113 Å². The van der Waals surface area contributed by atoms with Crippen LogP contribution in [0.15, 0.2) is 4.52 Å². The second-order valence-electron chi connectivity index (χ2n) is 5.47. The van der Waals surface area contributed by atoms with E-state index in [0.717, 1.165) is 0 Å². The molecule has 0 aromatic carbocycles. The maximum atomic E-state index is 11.9. The Morgan fingerprint density at radius 1 is 1.37 bits per heavy atom. The number of aromatic nitrogens is 2. The van der Waals surface area contributed by atoms with Crippen molar-refractivity contribution in [3.8, 4) is 0 Å². The maximum Gasteiger partial charge on any atom is 0.315 e. The number of hydrogen-bond donors (Lipinski definition) is 2. The molecule has 2 atom stereocenters. The van der Waals surface area contributed by atoms with E-state index in [9.17, 15) is 4.79 Å². The molecule has 2 N–H and O–H groups in total. The number of amides is 2. The molecule has 1 aromatic rings. The molecule has 1 aliphatic carbocycles. The molecule has 0 radical (unpaired) electrons. The second kappa shape index (κ2) is 6.04. The minimum Gasteiger partial charge on any atom is -0.340 e. The molecule has 2 amide bonds. The van der Waals surface area contributed by atoms with Gasteiger partial charge in [-0.25, -0.2) is 4.79 Å². The normalized spacial score (nSPS) is 24.2. The van der Waals surface area contributed by atoms with Gasteiger partial charge in [-0.05, 0) is 24.7 Å². The molecular formula is C13H22N4O2. The Hall–Kier alpha value is -1.59. The number of rotatable bonds is 3. The molecular weight excluding hydrogens is 244 g/mol. The van der Waals surface area contributed by atoms with E-state index in [1.54, 1.807) is 6.92 Å². The average Bonchev–Trinajstić information content (AvgIpc) is 2.77. The van der Waals surface area contributed by atoms with Crippen LogP contribution in [-0.4, -0.2) is 22.2 Å². The third-order valence-corrected chi connectivity index (χ3v) is 3.82. The van der Waals surface area contributed by atoms with Gasteiger partial charge in [0.15, 0.2) is 5.82 Å². The van der Waals surface area contributed by atoms with Gasteiger partial charge in [-0.15, -0.1) is 0 Å². The number of hydrogen-bond acceptors (Lipinski definition) is 4. The summed E-state index contributed by atoms with van der Waals surface area (Å²) in [5, 5.41) is 9.56. The monoisotopic (exact) mass is 266 g/mol. The zero-order valence-electron chi connectivity index (χ0n) is 11.8. The van der Waals surface area contributed by atoms with Crippen molar-refractivity contribution in [2.45, 2.75) is 52.6 Å². The van der Waals surface area contributed by atoms with Crippen LogP contribution < -0.4 is 10.6 Å².